The van der Waals surface area contributed by atoms with Crippen LogP contribution < -0.4 is 5.01 Å². The van der Waals surface area contributed by atoms with Gasteiger partial charge >= 0.3 is 0 Å². The minimum atomic E-state index is -0.492. The average Bonchev–Trinajstić information content (AvgIpc) is 3.32. The highest BCUT2D eigenvalue weighted by Crippen LogP contribution is 2.47. The van der Waals surface area contributed by atoms with Crippen molar-refractivity contribution in [1.29, 1.82) is 0 Å². The van der Waals surface area contributed by atoms with Crippen molar-refractivity contribution in [3.05, 3.63) is 85.0 Å². The van der Waals surface area contributed by atoms with E-state index in [2.05, 4.69) is 63.7 Å². The van der Waals surface area contributed by atoms with Gasteiger partial charge in [-0.1, -0.05) is 42.5 Å². The third-order valence-corrected chi connectivity index (χ3v) is 6.95. The molecule has 3 heterocycles. The predicted octanol–water partition coefficient (Wildman–Crippen LogP) is 5.42. The molecular weight excluding hydrogens is 438 g/mol. The van der Waals surface area contributed by atoms with Crippen LogP contribution in [0.25, 0.3) is 22.2 Å². The fourth-order valence-corrected chi connectivity index (χ4v) is 5.06. The molecule has 3 aromatic rings. The number of benzene rings is 2. The van der Waals surface area contributed by atoms with Crippen molar-refractivity contribution >= 4 is 29.1 Å². The highest BCUT2D eigenvalue weighted by molar-refractivity contribution is 5.86. The van der Waals surface area contributed by atoms with Gasteiger partial charge in [-0.25, -0.2) is 9.98 Å². The molecule has 1 aromatic heterocycles. The number of ether oxygens (including phenoxy) is 2. The van der Waals surface area contributed by atoms with E-state index in [-0.39, 0.29) is 0 Å². The van der Waals surface area contributed by atoms with Crippen LogP contribution in [0.3, 0.4) is 0 Å². The second-order valence-corrected chi connectivity index (χ2v) is 9.03. The predicted molar refractivity (Wildman–Crippen MR) is 139 cm³/mol. The molecule has 2 aromatic carbocycles. The zero-order valence-electron chi connectivity index (χ0n) is 19.7. The maximum Gasteiger partial charge on any atom is 0.225 e. The van der Waals surface area contributed by atoms with E-state index in [0.29, 0.717) is 17.8 Å². The maximum absolute atomic E-state index is 6.58. The first-order chi connectivity index (χ1) is 17.2. The Kier molecular flexibility index (Phi) is 5.53. The van der Waals surface area contributed by atoms with Crippen molar-refractivity contribution in [2.24, 2.45) is 9.98 Å². The van der Waals surface area contributed by atoms with Crippen molar-refractivity contribution < 1.29 is 14.1 Å². The lowest BCUT2D eigenvalue weighted by Crippen LogP contribution is -2.69. The Morgan fingerprint density at radius 2 is 1.86 bits per heavy atom. The second kappa shape index (κ2) is 8.85. The molecule has 0 radical (unpaired) electrons. The summed E-state index contributed by atoms with van der Waals surface area (Å²) in [5.74, 6) is 0. The average molecular weight is 467 g/mol. The van der Waals surface area contributed by atoms with Gasteiger partial charge in [-0.2, -0.15) is 5.01 Å². The molecule has 1 aliphatic carbocycles. The molecule has 0 spiro atoms. The van der Waals surface area contributed by atoms with Crippen molar-refractivity contribution in [1.82, 2.24) is 4.98 Å². The van der Waals surface area contributed by atoms with Crippen LogP contribution in [0.5, 0.6) is 0 Å². The van der Waals surface area contributed by atoms with E-state index in [1.54, 1.807) is 7.11 Å². The number of nitrogens with zero attached hydrogens (tertiary/aromatic N) is 5. The van der Waals surface area contributed by atoms with Gasteiger partial charge in [0.15, 0.2) is 11.9 Å². The topological polar surface area (TPSA) is 59.3 Å². The van der Waals surface area contributed by atoms with Crippen molar-refractivity contribution in [3.63, 3.8) is 0 Å². The number of quaternary nitrogens is 1. The molecule has 1 fully saturated rings. The Bertz CT molecular complexity index is 1360. The monoisotopic (exact) mass is 466 g/mol. The van der Waals surface area contributed by atoms with Gasteiger partial charge in [0, 0.05) is 30.9 Å². The highest BCUT2D eigenvalue weighted by Gasteiger charge is 2.56. The van der Waals surface area contributed by atoms with E-state index >= 15 is 0 Å². The molecule has 1 saturated carbocycles. The van der Waals surface area contributed by atoms with E-state index in [0.717, 1.165) is 52.8 Å². The van der Waals surface area contributed by atoms with Crippen LogP contribution >= 0.6 is 0 Å². The van der Waals surface area contributed by atoms with Crippen LogP contribution in [0.4, 0.5) is 5.69 Å². The summed E-state index contributed by atoms with van der Waals surface area (Å²) in [4.78, 5) is 13.9. The number of fused-ring (bicyclic) bond motifs is 2. The number of hydrogen-bond donors (Lipinski definition) is 0. The summed E-state index contributed by atoms with van der Waals surface area (Å²) in [6.45, 7) is 1.06. The van der Waals surface area contributed by atoms with Gasteiger partial charge in [0.25, 0.3) is 0 Å². The van der Waals surface area contributed by atoms with E-state index in [9.17, 15) is 0 Å². The van der Waals surface area contributed by atoms with Crippen LogP contribution in [0.15, 0.2) is 94.9 Å². The summed E-state index contributed by atoms with van der Waals surface area (Å²) in [7, 11) is 1.70. The fraction of sp³-hybridized carbons (Fsp3) is 0.250. The van der Waals surface area contributed by atoms with Crippen LogP contribution in [0, 0.1) is 0 Å². The third kappa shape index (κ3) is 3.69. The number of aromatic nitrogens is 1. The first kappa shape index (κ1) is 21.9. The van der Waals surface area contributed by atoms with Crippen molar-refractivity contribution in [3.8, 4) is 11.3 Å². The molecule has 0 N–H and O–H groups in total. The lowest BCUT2D eigenvalue weighted by atomic mass is 9.86. The van der Waals surface area contributed by atoms with E-state index in [4.69, 9.17) is 14.5 Å². The van der Waals surface area contributed by atoms with Crippen molar-refractivity contribution in [2.75, 3.05) is 25.3 Å². The quantitative estimate of drug-likeness (QED) is 0.253. The standard InChI is InChI=1S/C28H28N5O2/c1-34-16-17-35-28(12-5-13-28)32(33-15-14-29-19-25(33)20-30-21-33)24-10-8-23-9-11-26(31-27(23)18-24)22-6-3-2-4-7-22/h2-4,6-11,14-15,18-21H,5,12-13,16-17H2,1H3/q+1. The lowest BCUT2D eigenvalue weighted by molar-refractivity contribution is -0.757. The van der Waals surface area contributed by atoms with E-state index in [1.165, 1.54) is 0 Å². The molecule has 176 valence electrons. The summed E-state index contributed by atoms with van der Waals surface area (Å²) >= 11 is 0. The Balaban J connectivity index is 1.48. The lowest BCUT2D eigenvalue weighted by Gasteiger charge is -2.54. The zero-order chi connectivity index (χ0) is 23.7. The molecule has 7 nitrogen and oxygen atoms in total. The third-order valence-electron chi connectivity index (χ3n) is 6.95. The van der Waals surface area contributed by atoms with E-state index < -0.39 is 5.72 Å². The van der Waals surface area contributed by atoms with Crippen LogP contribution in [0.1, 0.15) is 19.3 Å². The molecule has 6 rings (SSSR count). The molecule has 1 unspecified atom stereocenters. The SMILES string of the molecule is COCCOC1(N(c2ccc3ccc(-c4ccccc4)nc3c2)[N+]23C=CN=CC2=CN=C3)CCC1. The second-order valence-electron chi connectivity index (χ2n) is 9.03. The molecule has 35 heavy (non-hydrogen) atoms. The smallest absolute Gasteiger partial charge is 0.225 e. The number of pyridine rings is 1. The van der Waals surface area contributed by atoms with Crippen LogP contribution in [0.2, 0.25) is 0 Å². The molecular formula is C28H28N5O2+. The van der Waals surface area contributed by atoms with Gasteiger partial charge < -0.3 is 9.47 Å². The fourth-order valence-electron chi connectivity index (χ4n) is 5.06. The Morgan fingerprint density at radius 3 is 2.66 bits per heavy atom. The van der Waals surface area contributed by atoms with E-state index in [1.807, 2.05) is 43.2 Å². The number of allylic oxidation sites excluding steroid dienone is 1. The Hall–Kier alpha value is -3.65. The molecule has 7 heteroatoms. The normalized spacial score (nSPS) is 21.6. The van der Waals surface area contributed by atoms with Gasteiger partial charge in [-0.3, -0.25) is 4.99 Å². The minimum Gasteiger partial charge on any atom is -0.382 e. The summed E-state index contributed by atoms with van der Waals surface area (Å²) in [6, 6.07) is 20.9. The number of methoxy groups -OCH3 is 1. The molecule has 0 amide bonds. The number of aliphatic imine (C=N–C) groups is 2. The van der Waals surface area contributed by atoms with Crippen LogP contribution in [-0.4, -0.2) is 48.2 Å². The molecule has 0 saturated heterocycles. The van der Waals surface area contributed by atoms with Gasteiger partial charge in [0.1, 0.15) is 0 Å². The summed E-state index contributed by atoms with van der Waals surface area (Å²) < 4.78 is 12.2. The summed E-state index contributed by atoms with van der Waals surface area (Å²) in [6.07, 6.45) is 12.5. The van der Waals surface area contributed by atoms with Crippen LogP contribution in [-0.2, 0) is 9.47 Å². The Labute approximate surface area is 204 Å². The van der Waals surface area contributed by atoms with Crippen molar-refractivity contribution in [2.45, 2.75) is 25.0 Å². The minimum absolute atomic E-state index is 0.306. The number of anilines is 1. The number of hydrogen-bond acceptors (Lipinski definition) is 6. The zero-order valence-corrected chi connectivity index (χ0v) is 19.7. The van der Waals surface area contributed by atoms with Gasteiger partial charge in [0.05, 0.1) is 48.7 Å². The van der Waals surface area contributed by atoms with Gasteiger partial charge in [-0.05, 0) is 24.6 Å². The summed E-state index contributed by atoms with van der Waals surface area (Å²) in [5.41, 5.74) is 4.50. The molecule has 3 aliphatic rings. The molecule has 2 aliphatic heterocycles. The first-order valence-corrected chi connectivity index (χ1v) is 12.0. The van der Waals surface area contributed by atoms with Gasteiger partial charge in [0.2, 0.25) is 12.0 Å². The largest absolute Gasteiger partial charge is 0.382 e. The summed E-state index contributed by atoms with van der Waals surface area (Å²) in [5, 5.41) is 3.42. The highest BCUT2D eigenvalue weighted by atomic mass is 16.5. The molecule has 0 bridgehead atoms. The number of rotatable bonds is 8. The first-order valence-electron chi connectivity index (χ1n) is 12.0. The Morgan fingerprint density at radius 1 is 1.00 bits per heavy atom. The molecule has 1 atom stereocenters. The maximum atomic E-state index is 6.58. The van der Waals surface area contributed by atoms with Gasteiger partial charge in [-0.15, -0.1) is 4.59 Å².